The molecule has 1 fully saturated rings. The van der Waals surface area contributed by atoms with Gasteiger partial charge in [0.1, 0.15) is 11.5 Å². The largest absolute Gasteiger partial charge is 0.457 e. The van der Waals surface area contributed by atoms with E-state index in [2.05, 4.69) is 0 Å². The van der Waals surface area contributed by atoms with Crippen LogP contribution in [0, 0.1) is 0 Å². The van der Waals surface area contributed by atoms with Crippen molar-refractivity contribution in [2.24, 2.45) is 5.73 Å². The maximum atomic E-state index is 12.1. The zero-order valence-corrected chi connectivity index (χ0v) is 15.7. The topological polar surface area (TPSA) is 89.7 Å². The number of nitrogens with two attached hydrogens (primary N) is 1. The molecule has 2 amide bonds. The number of ether oxygens (including phenoxy) is 1. The number of carbonyl (C=O) groups is 3. The molecule has 7 heteroatoms. The van der Waals surface area contributed by atoms with Crippen molar-refractivity contribution in [3.8, 4) is 11.5 Å². The number of thioether (sulfide) groups is 1. The van der Waals surface area contributed by atoms with Crippen LogP contribution in [-0.4, -0.2) is 33.6 Å². The van der Waals surface area contributed by atoms with E-state index in [4.69, 9.17) is 10.5 Å². The number of rotatable bonds is 6. The van der Waals surface area contributed by atoms with Crippen LogP contribution in [-0.2, 0) is 16.1 Å². The first kappa shape index (κ1) is 19.0. The molecule has 0 aliphatic carbocycles. The van der Waals surface area contributed by atoms with Crippen LogP contribution in [0.4, 0.5) is 0 Å². The lowest BCUT2D eigenvalue weighted by atomic mass is 10.2. The summed E-state index contributed by atoms with van der Waals surface area (Å²) in [5.74, 6) is 0.852. The van der Waals surface area contributed by atoms with Crippen LogP contribution in [0.25, 0.3) is 0 Å². The fraction of sp³-hybridized carbons (Fsp3) is 0.250. The molecule has 1 atom stereocenters. The van der Waals surface area contributed by atoms with Crippen molar-refractivity contribution >= 4 is 28.7 Å². The Morgan fingerprint density at radius 3 is 2.26 bits per heavy atom. The molecule has 2 aromatic rings. The second-order valence-electron chi connectivity index (χ2n) is 6.34. The summed E-state index contributed by atoms with van der Waals surface area (Å²) in [7, 11) is 0. The molecule has 0 aromatic heterocycles. The lowest BCUT2D eigenvalue weighted by molar-refractivity contribution is -0.128. The summed E-state index contributed by atoms with van der Waals surface area (Å²) >= 11 is 1.24. The molecule has 2 N–H and O–H groups in total. The molecular formula is C20H20N2O4S. The minimum absolute atomic E-state index is 0.0417. The molecule has 0 bridgehead atoms. The van der Waals surface area contributed by atoms with Gasteiger partial charge in [0.2, 0.25) is 11.8 Å². The number of amides is 2. The summed E-state index contributed by atoms with van der Waals surface area (Å²) in [5, 5.41) is 0.0843. The molecule has 1 aliphatic heterocycles. The summed E-state index contributed by atoms with van der Waals surface area (Å²) in [6.45, 7) is 2.63. The molecule has 1 saturated heterocycles. The van der Waals surface area contributed by atoms with Gasteiger partial charge in [-0.3, -0.25) is 14.4 Å². The quantitative estimate of drug-likeness (QED) is 0.827. The average Bonchev–Trinajstić information content (AvgIpc) is 2.95. The Bertz CT molecular complexity index is 849. The first-order valence-electron chi connectivity index (χ1n) is 8.52. The van der Waals surface area contributed by atoms with Crippen LogP contribution in [0.2, 0.25) is 0 Å². The molecule has 1 aliphatic rings. The maximum absolute atomic E-state index is 12.1. The molecule has 140 valence electrons. The molecule has 1 heterocycles. The monoisotopic (exact) mass is 384 g/mol. The molecular weight excluding hydrogens is 364 g/mol. The molecule has 1 unspecified atom stereocenters. The van der Waals surface area contributed by atoms with Crippen molar-refractivity contribution in [2.75, 3.05) is 6.54 Å². The molecule has 27 heavy (non-hydrogen) atoms. The summed E-state index contributed by atoms with van der Waals surface area (Å²) in [5.41, 5.74) is 6.64. The summed E-state index contributed by atoms with van der Waals surface area (Å²) in [4.78, 5) is 36.2. The third-order valence-corrected chi connectivity index (χ3v) is 5.16. The van der Waals surface area contributed by atoms with Gasteiger partial charge in [0.25, 0.3) is 0 Å². The van der Waals surface area contributed by atoms with Crippen LogP contribution in [0.1, 0.15) is 29.3 Å². The third kappa shape index (κ3) is 5.10. The van der Waals surface area contributed by atoms with Gasteiger partial charge in [-0.15, -0.1) is 0 Å². The summed E-state index contributed by atoms with van der Waals surface area (Å²) in [6.07, 6.45) is 0.409. The zero-order valence-electron chi connectivity index (χ0n) is 14.9. The van der Waals surface area contributed by atoms with E-state index >= 15 is 0 Å². The highest BCUT2D eigenvalue weighted by molar-refractivity contribution is 8.14. The first-order chi connectivity index (χ1) is 12.9. The predicted octanol–water partition coefficient (Wildman–Crippen LogP) is 2.96. The highest BCUT2D eigenvalue weighted by atomic mass is 32.2. The van der Waals surface area contributed by atoms with E-state index in [0.29, 0.717) is 36.6 Å². The van der Waals surface area contributed by atoms with Crippen molar-refractivity contribution < 1.29 is 19.1 Å². The fourth-order valence-corrected chi connectivity index (χ4v) is 3.86. The van der Waals surface area contributed by atoms with Crippen LogP contribution in [0.3, 0.4) is 0 Å². The van der Waals surface area contributed by atoms with Gasteiger partial charge in [0.15, 0.2) is 5.12 Å². The molecule has 0 radical (unpaired) electrons. The van der Waals surface area contributed by atoms with Crippen molar-refractivity contribution in [3.05, 3.63) is 59.7 Å². The minimum Gasteiger partial charge on any atom is -0.457 e. The van der Waals surface area contributed by atoms with Crippen LogP contribution in [0.15, 0.2) is 48.5 Å². The van der Waals surface area contributed by atoms with E-state index in [1.165, 1.54) is 18.7 Å². The van der Waals surface area contributed by atoms with Gasteiger partial charge < -0.3 is 15.4 Å². The molecule has 0 spiro atoms. The highest BCUT2D eigenvalue weighted by Crippen LogP contribution is 2.27. The second kappa shape index (κ2) is 8.26. The van der Waals surface area contributed by atoms with Crippen LogP contribution < -0.4 is 10.5 Å². The minimum atomic E-state index is -0.480. The van der Waals surface area contributed by atoms with Gasteiger partial charge in [0.05, 0.1) is 0 Å². The van der Waals surface area contributed by atoms with Crippen molar-refractivity contribution in [2.45, 2.75) is 25.1 Å². The van der Waals surface area contributed by atoms with Gasteiger partial charge in [-0.1, -0.05) is 23.9 Å². The summed E-state index contributed by atoms with van der Waals surface area (Å²) < 4.78 is 5.75. The normalized spacial score (nSPS) is 16.4. The van der Waals surface area contributed by atoms with Crippen molar-refractivity contribution in [1.29, 1.82) is 0 Å². The third-order valence-electron chi connectivity index (χ3n) is 4.18. The van der Waals surface area contributed by atoms with E-state index in [-0.39, 0.29) is 16.3 Å². The predicted molar refractivity (Wildman–Crippen MR) is 104 cm³/mol. The average molecular weight is 384 g/mol. The number of nitrogens with zero attached hydrogens (tertiary/aromatic N) is 1. The molecule has 2 aromatic carbocycles. The number of carbonyl (C=O) groups excluding carboxylic acids is 3. The Kier molecular flexibility index (Phi) is 5.81. The van der Waals surface area contributed by atoms with Gasteiger partial charge in [-0.05, 0) is 42.0 Å². The Labute approximate surface area is 161 Å². The Balaban J connectivity index is 1.58. The van der Waals surface area contributed by atoms with Gasteiger partial charge >= 0.3 is 0 Å². The molecule has 0 saturated carbocycles. The van der Waals surface area contributed by atoms with Crippen molar-refractivity contribution in [1.82, 2.24) is 4.90 Å². The molecule has 6 nitrogen and oxygen atoms in total. The SMILES string of the molecule is CC(=O)SC1CC(=O)N(Cc2ccc(Oc3ccc(C(N)=O)cc3)cc2)C1. The maximum Gasteiger partial charge on any atom is 0.248 e. The van der Waals surface area contributed by atoms with E-state index in [9.17, 15) is 14.4 Å². The fourth-order valence-electron chi connectivity index (χ4n) is 2.91. The smallest absolute Gasteiger partial charge is 0.248 e. The number of benzene rings is 2. The van der Waals surface area contributed by atoms with E-state index < -0.39 is 5.91 Å². The second-order valence-corrected chi connectivity index (χ2v) is 7.82. The first-order valence-corrected chi connectivity index (χ1v) is 9.40. The zero-order chi connectivity index (χ0) is 19.4. The number of hydrogen-bond donors (Lipinski definition) is 1. The lowest BCUT2D eigenvalue weighted by Gasteiger charge is -2.16. The molecule has 3 rings (SSSR count). The number of primary amides is 1. The van der Waals surface area contributed by atoms with Crippen LogP contribution >= 0.6 is 11.8 Å². The van der Waals surface area contributed by atoms with E-state index in [1.54, 1.807) is 29.2 Å². The van der Waals surface area contributed by atoms with Gasteiger partial charge in [0, 0.05) is 37.2 Å². The Hall–Kier alpha value is -2.80. The standard InChI is InChI=1S/C20H20N2O4S/c1-13(23)27-18-10-19(24)22(12-18)11-14-2-6-16(7-3-14)26-17-8-4-15(5-9-17)20(21)25/h2-9,18H,10-12H2,1H3,(H2,21,25). The Morgan fingerprint density at radius 1 is 1.11 bits per heavy atom. The van der Waals surface area contributed by atoms with Crippen molar-refractivity contribution in [3.63, 3.8) is 0 Å². The van der Waals surface area contributed by atoms with Crippen LogP contribution in [0.5, 0.6) is 11.5 Å². The van der Waals surface area contributed by atoms with Gasteiger partial charge in [-0.25, -0.2) is 0 Å². The van der Waals surface area contributed by atoms with E-state index in [1.807, 2.05) is 24.3 Å². The van der Waals surface area contributed by atoms with Gasteiger partial charge in [-0.2, -0.15) is 0 Å². The summed E-state index contributed by atoms with van der Waals surface area (Å²) in [6, 6.07) is 14.1. The number of likely N-dealkylation sites (tertiary alicyclic amines) is 1. The Morgan fingerprint density at radius 2 is 1.70 bits per heavy atom. The number of hydrogen-bond acceptors (Lipinski definition) is 5. The lowest BCUT2D eigenvalue weighted by Crippen LogP contribution is -2.24. The highest BCUT2D eigenvalue weighted by Gasteiger charge is 2.30. The van der Waals surface area contributed by atoms with E-state index in [0.717, 1.165) is 5.56 Å².